The number of rotatable bonds is 9. The first-order valence-electron chi connectivity index (χ1n) is 11.0. The van der Waals surface area contributed by atoms with Gasteiger partial charge >= 0.3 is 0 Å². The number of methoxy groups -OCH3 is 1. The summed E-state index contributed by atoms with van der Waals surface area (Å²) in [6, 6.07) is 17.1. The van der Waals surface area contributed by atoms with Gasteiger partial charge in [0.15, 0.2) is 16.3 Å². The number of nitrogens with one attached hydrogen (secondary N) is 1. The number of aromatic nitrogens is 4. The van der Waals surface area contributed by atoms with Crippen LogP contribution in [0.15, 0.2) is 76.9 Å². The van der Waals surface area contributed by atoms with Crippen molar-refractivity contribution in [3.63, 3.8) is 0 Å². The van der Waals surface area contributed by atoms with Crippen molar-refractivity contribution < 1.29 is 9.53 Å². The molecule has 8 nitrogen and oxygen atoms in total. The Morgan fingerprint density at radius 3 is 2.53 bits per heavy atom. The summed E-state index contributed by atoms with van der Waals surface area (Å²) < 4.78 is 6.76. The van der Waals surface area contributed by atoms with Crippen LogP contribution in [0.4, 0.5) is 5.69 Å². The van der Waals surface area contributed by atoms with E-state index in [4.69, 9.17) is 4.74 Å². The van der Waals surface area contributed by atoms with Crippen molar-refractivity contribution in [2.45, 2.75) is 36.7 Å². The number of nitrogens with zero attached hydrogens (tertiary/aromatic N) is 4. The molecule has 0 radical (unpaired) electrons. The van der Waals surface area contributed by atoms with E-state index in [1.807, 2.05) is 37.3 Å². The first-order valence-corrected chi connectivity index (χ1v) is 11.8. The largest absolute Gasteiger partial charge is 0.497 e. The lowest BCUT2D eigenvalue weighted by Gasteiger charge is -2.18. The van der Waals surface area contributed by atoms with Crippen LogP contribution in [0.3, 0.4) is 0 Å². The molecule has 4 rings (SSSR count). The van der Waals surface area contributed by atoms with E-state index in [0.717, 1.165) is 5.56 Å². The van der Waals surface area contributed by atoms with E-state index >= 15 is 0 Å². The fraction of sp³-hybridized carbons (Fsp3) is 0.240. The molecule has 4 aromatic rings. The standard InChI is InChI=1S/C25H25N5O3S/c1-3-20(23(31)28-18-9-11-19(33-2)12-10-18)34-25-29-22-21(26-14-15-27-22)24(32)30(25)16-13-17-7-5-4-6-8-17/h4-12,14-15,20H,3,13,16H2,1-2H3,(H,28,31). The van der Waals surface area contributed by atoms with Crippen LogP contribution < -0.4 is 15.6 Å². The van der Waals surface area contributed by atoms with Crippen LogP contribution >= 0.6 is 11.8 Å². The fourth-order valence-electron chi connectivity index (χ4n) is 3.45. The maximum atomic E-state index is 13.3. The first-order chi connectivity index (χ1) is 16.6. The van der Waals surface area contributed by atoms with E-state index in [-0.39, 0.29) is 22.6 Å². The van der Waals surface area contributed by atoms with Gasteiger partial charge in [0.1, 0.15) is 5.75 Å². The van der Waals surface area contributed by atoms with Gasteiger partial charge in [-0.3, -0.25) is 14.2 Å². The van der Waals surface area contributed by atoms with Gasteiger partial charge in [-0.1, -0.05) is 49.0 Å². The van der Waals surface area contributed by atoms with Crippen LogP contribution in [-0.2, 0) is 17.8 Å². The highest BCUT2D eigenvalue weighted by molar-refractivity contribution is 8.00. The van der Waals surface area contributed by atoms with E-state index in [9.17, 15) is 9.59 Å². The minimum absolute atomic E-state index is 0.166. The van der Waals surface area contributed by atoms with Crippen LogP contribution in [0.5, 0.6) is 5.75 Å². The Hall–Kier alpha value is -3.72. The van der Waals surface area contributed by atoms with Crippen LogP contribution in [-0.4, -0.2) is 37.8 Å². The number of carbonyl (C=O) groups excluding carboxylic acids is 1. The summed E-state index contributed by atoms with van der Waals surface area (Å²) in [5.41, 5.74) is 2.01. The van der Waals surface area contributed by atoms with Gasteiger partial charge < -0.3 is 10.1 Å². The number of anilines is 1. The summed E-state index contributed by atoms with van der Waals surface area (Å²) in [6.07, 6.45) is 4.19. The predicted molar refractivity (Wildman–Crippen MR) is 133 cm³/mol. The SMILES string of the molecule is CCC(Sc1nc2nccnc2c(=O)n1CCc1ccccc1)C(=O)Nc1ccc(OC)cc1. The zero-order valence-electron chi connectivity index (χ0n) is 19.0. The number of thioether (sulfide) groups is 1. The molecule has 2 aromatic carbocycles. The van der Waals surface area contributed by atoms with E-state index in [1.54, 1.807) is 35.9 Å². The minimum Gasteiger partial charge on any atom is -0.497 e. The summed E-state index contributed by atoms with van der Waals surface area (Å²) in [5, 5.41) is 2.93. The van der Waals surface area contributed by atoms with Crippen LogP contribution in [0.1, 0.15) is 18.9 Å². The maximum absolute atomic E-state index is 13.3. The highest BCUT2D eigenvalue weighted by Gasteiger charge is 2.23. The highest BCUT2D eigenvalue weighted by Crippen LogP contribution is 2.26. The number of hydrogen-bond donors (Lipinski definition) is 1. The topological polar surface area (TPSA) is 99.0 Å². The third-order valence-corrected chi connectivity index (χ3v) is 6.65. The Bertz CT molecular complexity index is 1330. The van der Waals surface area contributed by atoms with Gasteiger partial charge in [0.2, 0.25) is 5.91 Å². The van der Waals surface area contributed by atoms with E-state index in [2.05, 4.69) is 20.3 Å². The molecule has 1 unspecified atom stereocenters. The van der Waals surface area contributed by atoms with Crippen molar-refractivity contribution in [3.8, 4) is 5.75 Å². The molecule has 34 heavy (non-hydrogen) atoms. The van der Waals surface area contributed by atoms with Gasteiger partial charge in [-0.15, -0.1) is 0 Å². The number of amides is 1. The van der Waals surface area contributed by atoms with Crippen molar-refractivity contribution in [3.05, 3.63) is 82.9 Å². The summed E-state index contributed by atoms with van der Waals surface area (Å²) in [5.74, 6) is 0.545. The Balaban J connectivity index is 1.61. The second-order valence-corrected chi connectivity index (χ2v) is 8.72. The third-order valence-electron chi connectivity index (χ3n) is 5.29. The molecule has 1 atom stereocenters. The average Bonchev–Trinajstić information content (AvgIpc) is 2.88. The van der Waals surface area contributed by atoms with Crippen LogP contribution in [0.2, 0.25) is 0 Å². The van der Waals surface area contributed by atoms with Gasteiger partial charge in [-0.25, -0.2) is 15.0 Å². The predicted octanol–water partition coefficient (Wildman–Crippen LogP) is 3.95. The number of aryl methyl sites for hydroxylation is 1. The monoisotopic (exact) mass is 475 g/mol. The molecule has 0 aliphatic rings. The number of ether oxygens (including phenoxy) is 1. The van der Waals surface area contributed by atoms with E-state index < -0.39 is 5.25 Å². The Morgan fingerprint density at radius 2 is 1.82 bits per heavy atom. The van der Waals surface area contributed by atoms with Crippen LogP contribution in [0.25, 0.3) is 11.2 Å². The van der Waals surface area contributed by atoms with Gasteiger partial charge in [0, 0.05) is 24.6 Å². The molecule has 2 aromatic heterocycles. The quantitative estimate of drug-likeness (QED) is 0.289. The molecular weight excluding hydrogens is 450 g/mol. The van der Waals surface area contributed by atoms with Crippen molar-refractivity contribution >= 4 is 34.5 Å². The summed E-state index contributed by atoms with van der Waals surface area (Å²) in [7, 11) is 1.59. The first kappa shape index (κ1) is 23.4. The average molecular weight is 476 g/mol. The molecule has 174 valence electrons. The number of carbonyl (C=O) groups is 1. The zero-order chi connectivity index (χ0) is 23.9. The normalized spacial score (nSPS) is 11.8. The maximum Gasteiger partial charge on any atom is 0.282 e. The lowest BCUT2D eigenvalue weighted by atomic mass is 10.1. The van der Waals surface area contributed by atoms with Crippen molar-refractivity contribution in [1.29, 1.82) is 0 Å². The minimum atomic E-state index is -0.453. The second-order valence-electron chi connectivity index (χ2n) is 7.55. The van der Waals surface area contributed by atoms with Crippen molar-refractivity contribution in [2.24, 2.45) is 0 Å². The van der Waals surface area contributed by atoms with Gasteiger partial charge in [0.05, 0.1) is 12.4 Å². The van der Waals surface area contributed by atoms with E-state index in [1.165, 1.54) is 24.2 Å². The number of benzene rings is 2. The smallest absolute Gasteiger partial charge is 0.282 e. The summed E-state index contributed by atoms with van der Waals surface area (Å²) in [4.78, 5) is 39.3. The van der Waals surface area contributed by atoms with Gasteiger partial charge in [-0.2, -0.15) is 0 Å². The molecule has 2 heterocycles. The molecule has 9 heteroatoms. The number of fused-ring (bicyclic) bond motifs is 1. The van der Waals surface area contributed by atoms with E-state index in [0.29, 0.717) is 36.0 Å². The Labute approximate surface area is 201 Å². The molecule has 0 saturated carbocycles. The molecule has 0 fully saturated rings. The molecule has 0 aliphatic carbocycles. The lowest BCUT2D eigenvalue weighted by Crippen LogP contribution is -2.29. The van der Waals surface area contributed by atoms with Crippen molar-refractivity contribution in [2.75, 3.05) is 12.4 Å². The number of hydrogen-bond acceptors (Lipinski definition) is 7. The Morgan fingerprint density at radius 1 is 1.09 bits per heavy atom. The van der Waals surface area contributed by atoms with Crippen molar-refractivity contribution in [1.82, 2.24) is 19.5 Å². The Kier molecular flexibility index (Phi) is 7.54. The highest BCUT2D eigenvalue weighted by atomic mass is 32.2. The third kappa shape index (κ3) is 5.43. The molecule has 0 saturated heterocycles. The molecule has 1 amide bonds. The fourth-order valence-corrected chi connectivity index (χ4v) is 4.48. The van der Waals surface area contributed by atoms with Gasteiger partial charge in [0.25, 0.3) is 5.56 Å². The molecule has 0 aliphatic heterocycles. The van der Waals surface area contributed by atoms with Gasteiger partial charge in [-0.05, 0) is 42.7 Å². The lowest BCUT2D eigenvalue weighted by molar-refractivity contribution is -0.115. The zero-order valence-corrected chi connectivity index (χ0v) is 19.8. The summed E-state index contributed by atoms with van der Waals surface area (Å²) in [6.45, 7) is 2.35. The van der Waals surface area contributed by atoms with Crippen LogP contribution in [0, 0.1) is 0 Å². The molecule has 0 spiro atoms. The second kappa shape index (κ2) is 10.9. The molecule has 1 N–H and O–H groups in total. The molecular formula is C25H25N5O3S. The molecule has 0 bridgehead atoms. The summed E-state index contributed by atoms with van der Waals surface area (Å²) >= 11 is 1.26.